The molecule has 1 rings (SSSR count). The molecule has 24 heavy (non-hydrogen) atoms. The van der Waals surface area contributed by atoms with Crippen LogP contribution in [-0.4, -0.2) is 19.6 Å². The highest BCUT2D eigenvalue weighted by Gasteiger charge is 2.45. The number of ether oxygens (including phenoxy) is 1. The van der Waals surface area contributed by atoms with Crippen LogP contribution in [0.4, 0.5) is 0 Å². The van der Waals surface area contributed by atoms with Crippen molar-refractivity contribution in [3.05, 3.63) is 35.9 Å². The quantitative estimate of drug-likeness (QED) is 0.713. The summed E-state index contributed by atoms with van der Waals surface area (Å²) in [7, 11) is 1.50. The van der Waals surface area contributed by atoms with Crippen LogP contribution < -0.4 is 5.73 Å². The SMILES string of the molecule is CCOC(=O)C(C)(C)C(C)(C)CC(c1ccccc1)C(C)C.CN. The van der Waals surface area contributed by atoms with Crippen LogP contribution in [0, 0.1) is 16.7 Å². The summed E-state index contributed by atoms with van der Waals surface area (Å²) in [5.74, 6) is 0.861. The van der Waals surface area contributed by atoms with Gasteiger partial charge in [0, 0.05) is 0 Å². The minimum Gasteiger partial charge on any atom is -0.466 e. The summed E-state index contributed by atoms with van der Waals surface area (Å²) in [5.41, 5.74) is 5.19. The van der Waals surface area contributed by atoms with Gasteiger partial charge in [-0.25, -0.2) is 0 Å². The number of hydrogen-bond donors (Lipinski definition) is 1. The third-order valence-corrected chi connectivity index (χ3v) is 5.24. The highest BCUT2D eigenvalue weighted by atomic mass is 16.5. The Bertz CT molecular complexity index is 478. The maximum absolute atomic E-state index is 12.4. The molecule has 0 saturated heterocycles. The van der Waals surface area contributed by atoms with Crippen molar-refractivity contribution in [2.24, 2.45) is 22.5 Å². The average Bonchev–Trinajstić information content (AvgIpc) is 2.55. The Balaban J connectivity index is 0.00000254. The summed E-state index contributed by atoms with van der Waals surface area (Å²) >= 11 is 0. The Hall–Kier alpha value is -1.35. The van der Waals surface area contributed by atoms with Gasteiger partial charge in [0.15, 0.2) is 0 Å². The zero-order valence-electron chi connectivity index (χ0n) is 16.8. The lowest BCUT2D eigenvalue weighted by Gasteiger charge is -2.42. The molecule has 1 atom stereocenters. The van der Waals surface area contributed by atoms with E-state index in [9.17, 15) is 4.79 Å². The Morgan fingerprint density at radius 1 is 1.08 bits per heavy atom. The lowest BCUT2D eigenvalue weighted by atomic mass is 9.62. The molecule has 0 radical (unpaired) electrons. The molecule has 3 nitrogen and oxygen atoms in total. The molecule has 0 saturated carbocycles. The Kier molecular flexibility index (Phi) is 9.27. The number of carbonyl (C=O) groups is 1. The fourth-order valence-electron chi connectivity index (χ4n) is 2.83. The Labute approximate surface area is 149 Å². The number of carbonyl (C=O) groups excluding carboxylic acids is 1. The molecule has 0 spiro atoms. The first-order valence-electron chi connectivity index (χ1n) is 8.93. The first-order chi connectivity index (χ1) is 11.1. The zero-order valence-corrected chi connectivity index (χ0v) is 16.8. The fraction of sp³-hybridized carbons (Fsp3) is 0.667. The standard InChI is InChI=1S/C20H32O2.CH5N/c1-8-22-18(21)20(6,7)19(4,5)14-17(15(2)3)16-12-10-9-11-13-16;1-2/h9-13,15,17H,8,14H2,1-7H3;2H2,1H3. The number of nitrogens with two attached hydrogens (primary N) is 1. The number of esters is 1. The van der Waals surface area contributed by atoms with E-state index in [0.29, 0.717) is 18.4 Å². The summed E-state index contributed by atoms with van der Waals surface area (Å²) in [6.45, 7) is 15.2. The van der Waals surface area contributed by atoms with Crippen LogP contribution in [0.25, 0.3) is 0 Å². The van der Waals surface area contributed by atoms with E-state index in [1.807, 2.05) is 20.8 Å². The molecule has 0 amide bonds. The molecule has 0 heterocycles. The molecule has 0 aromatic heterocycles. The van der Waals surface area contributed by atoms with Crippen molar-refractivity contribution in [3.8, 4) is 0 Å². The van der Waals surface area contributed by atoms with Crippen molar-refractivity contribution >= 4 is 5.97 Å². The Morgan fingerprint density at radius 3 is 2.00 bits per heavy atom. The van der Waals surface area contributed by atoms with Gasteiger partial charge in [-0.2, -0.15) is 0 Å². The molecule has 138 valence electrons. The van der Waals surface area contributed by atoms with E-state index in [1.54, 1.807) is 0 Å². The maximum atomic E-state index is 12.4. The average molecular weight is 336 g/mol. The summed E-state index contributed by atoms with van der Waals surface area (Å²) in [6.07, 6.45) is 0.959. The second-order valence-electron chi connectivity index (χ2n) is 7.69. The minimum atomic E-state index is -0.509. The van der Waals surface area contributed by atoms with Crippen LogP contribution in [0.1, 0.15) is 66.4 Å². The van der Waals surface area contributed by atoms with E-state index in [-0.39, 0.29) is 11.4 Å². The fourth-order valence-corrected chi connectivity index (χ4v) is 2.83. The predicted molar refractivity (Wildman–Crippen MR) is 103 cm³/mol. The third-order valence-electron chi connectivity index (χ3n) is 5.24. The van der Waals surface area contributed by atoms with Crippen molar-refractivity contribution in [3.63, 3.8) is 0 Å². The normalized spacial score (nSPS) is 13.1. The molecule has 0 aliphatic rings. The van der Waals surface area contributed by atoms with Gasteiger partial charge >= 0.3 is 5.97 Å². The molecule has 0 aliphatic heterocycles. The lowest BCUT2D eigenvalue weighted by Crippen LogP contribution is -2.42. The van der Waals surface area contributed by atoms with Gasteiger partial charge in [-0.05, 0) is 57.1 Å². The topological polar surface area (TPSA) is 52.3 Å². The van der Waals surface area contributed by atoms with Gasteiger partial charge in [0.1, 0.15) is 0 Å². The molecule has 2 N–H and O–H groups in total. The molecule has 1 aromatic rings. The smallest absolute Gasteiger partial charge is 0.312 e. The Morgan fingerprint density at radius 2 is 1.58 bits per heavy atom. The molecule has 0 fully saturated rings. The monoisotopic (exact) mass is 335 g/mol. The van der Waals surface area contributed by atoms with Gasteiger partial charge in [-0.3, -0.25) is 4.79 Å². The van der Waals surface area contributed by atoms with Crippen molar-refractivity contribution in [1.82, 2.24) is 0 Å². The van der Waals surface area contributed by atoms with Crippen LogP contribution in [-0.2, 0) is 9.53 Å². The summed E-state index contributed by atoms with van der Waals surface area (Å²) in [6, 6.07) is 10.6. The van der Waals surface area contributed by atoms with E-state index < -0.39 is 5.41 Å². The van der Waals surface area contributed by atoms with Crippen LogP contribution in [0.3, 0.4) is 0 Å². The first-order valence-corrected chi connectivity index (χ1v) is 8.93. The molecular formula is C21H37NO2. The van der Waals surface area contributed by atoms with E-state index in [4.69, 9.17) is 4.74 Å². The van der Waals surface area contributed by atoms with Crippen LogP contribution in [0.2, 0.25) is 0 Å². The first kappa shape index (κ1) is 22.6. The second-order valence-corrected chi connectivity index (χ2v) is 7.69. The van der Waals surface area contributed by atoms with Crippen molar-refractivity contribution < 1.29 is 9.53 Å². The molecule has 0 bridgehead atoms. The highest BCUT2D eigenvalue weighted by Crippen LogP contribution is 2.47. The molecular weight excluding hydrogens is 298 g/mol. The van der Waals surface area contributed by atoms with Crippen LogP contribution >= 0.6 is 0 Å². The molecule has 1 unspecified atom stereocenters. The van der Waals surface area contributed by atoms with Crippen molar-refractivity contribution in [1.29, 1.82) is 0 Å². The van der Waals surface area contributed by atoms with E-state index in [2.05, 4.69) is 63.8 Å². The summed E-state index contributed by atoms with van der Waals surface area (Å²) < 4.78 is 5.30. The highest BCUT2D eigenvalue weighted by molar-refractivity contribution is 5.76. The number of hydrogen-bond acceptors (Lipinski definition) is 3. The van der Waals surface area contributed by atoms with Crippen LogP contribution in [0.15, 0.2) is 30.3 Å². The van der Waals surface area contributed by atoms with Crippen molar-refractivity contribution in [2.45, 2.75) is 60.8 Å². The van der Waals surface area contributed by atoms with Gasteiger partial charge in [0.2, 0.25) is 0 Å². The van der Waals surface area contributed by atoms with Gasteiger partial charge < -0.3 is 10.5 Å². The summed E-state index contributed by atoms with van der Waals surface area (Å²) in [4.78, 5) is 12.4. The van der Waals surface area contributed by atoms with Crippen molar-refractivity contribution in [2.75, 3.05) is 13.7 Å². The number of rotatable bonds is 7. The molecule has 0 aliphatic carbocycles. The van der Waals surface area contributed by atoms with Gasteiger partial charge in [-0.1, -0.05) is 58.0 Å². The minimum absolute atomic E-state index is 0.101. The van der Waals surface area contributed by atoms with Gasteiger partial charge in [0.05, 0.1) is 12.0 Å². The largest absolute Gasteiger partial charge is 0.466 e. The molecule has 3 heteroatoms. The third kappa shape index (κ3) is 5.62. The van der Waals surface area contributed by atoms with Gasteiger partial charge in [-0.15, -0.1) is 0 Å². The predicted octanol–water partition coefficient (Wildman–Crippen LogP) is 5.01. The van der Waals surface area contributed by atoms with Crippen LogP contribution in [0.5, 0.6) is 0 Å². The van der Waals surface area contributed by atoms with E-state index in [0.717, 1.165) is 6.42 Å². The molecule has 1 aromatic carbocycles. The lowest BCUT2D eigenvalue weighted by molar-refractivity contribution is -0.161. The summed E-state index contributed by atoms with van der Waals surface area (Å²) in [5, 5.41) is 0. The number of benzene rings is 1. The van der Waals surface area contributed by atoms with Gasteiger partial charge in [0.25, 0.3) is 0 Å². The second kappa shape index (κ2) is 9.83. The maximum Gasteiger partial charge on any atom is 0.312 e. The van der Waals surface area contributed by atoms with E-state index >= 15 is 0 Å². The zero-order chi connectivity index (χ0) is 19.0. The van der Waals surface area contributed by atoms with E-state index in [1.165, 1.54) is 12.6 Å².